The van der Waals surface area contributed by atoms with Crippen LogP contribution in [0, 0.1) is 5.21 Å². The Hall–Kier alpha value is -3.81. The van der Waals surface area contributed by atoms with E-state index in [1.807, 2.05) is 0 Å². The maximum absolute atomic E-state index is 13.2. The van der Waals surface area contributed by atoms with Gasteiger partial charge in [-0.2, -0.15) is 9.46 Å². The van der Waals surface area contributed by atoms with Crippen LogP contribution in [0.5, 0.6) is 5.75 Å². The van der Waals surface area contributed by atoms with E-state index in [1.54, 1.807) is 48.5 Å². The second-order valence-electron chi connectivity index (χ2n) is 6.09. The van der Waals surface area contributed by atoms with Crippen LogP contribution in [0.4, 0.5) is 0 Å². The number of esters is 2. The number of nitrogens with zero attached hydrogens (tertiary/aromatic N) is 2. The summed E-state index contributed by atoms with van der Waals surface area (Å²) < 4.78 is 12.2. The SMILES string of the molecule is COC(=O)COn1c2ccccc2c2c1c(OC(C)=O)c1ccccc1[n+]2[O-]. The Bertz CT molecular complexity index is 1240. The fraction of sp³-hybridized carbons (Fsp3) is 0.150. The Morgan fingerprint density at radius 3 is 2.46 bits per heavy atom. The molecule has 8 nitrogen and oxygen atoms in total. The van der Waals surface area contributed by atoms with Gasteiger partial charge in [-0.25, -0.2) is 4.79 Å². The van der Waals surface area contributed by atoms with Crippen LogP contribution in [-0.4, -0.2) is 30.4 Å². The minimum absolute atomic E-state index is 0.186. The van der Waals surface area contributed by atoms with E-state index in [1.165, 1.54) is 18.8 Å². The molecule has 2 aromatic carbocycles. The lowest BCUT2D eigenvalue weighted by Crippen LogP contribution is -2.29. The summed E-state index contributed by atoms with van der Waals surface area (Å²) in [5, 5.41) is 14.2. The molecule has 0 bridgehead atoms. The predicted molar refractivity (Wildman–Crippen MR) is 101 cm³/mol. The number of hydrogen-bond acceptors (Lipinski definition) is 6. The van der Waals surface area contributed by atoms with Gasteiger partial charge in [0.05, 0.1) is 23.4 Å². The Kier molecular flexibility index (Phi) is 4.23. The molecule has 4 aromatic rings. The van der Waals surface area contributed by atoms with Gasteiger partial charge in [0.1, 0.15) is 0 Å². The number of aromatic nitrogens is 2. The topological polar surface area (TPSA) is 93.7 Å². The first-order chi connectivity index (χ1) is 13.5. The maximum Gasteiger partial charge on any atom is 0.346 e. The van der Waals surface area contributed by atoms with Crippen molar-refractivity contribution in [2.45, 2.75) is 6.92 Å². The molecule has 0 aliphatic heterocycles. The van der Waals surface area contributed by atoms with E-state index in [9.17, 15) is 14.8 Å². The Labute approximate surface area is 159 Å². The molecule has 28 heavy (non-hydrogen) atoms. The van der Waals surface area contributed by atoms with Gasteiger partial charge >= 0.3 is 11.9 Å². The van der Waals surface area contributed by atoms with Crippen molar-refractivity contribution in [2.75, 3.05) is 13.7 Å². The van der Waals surface area contributed by atoms with Gasteiger partial charge in [0.2, 0.25) is 12.1 Å². The minimum atomic E-state index is -0.587. The van der Waals surface area contributed by atoms with Gasteiger partial charge in [0, 0.05) is 13.0 Å². The molecule has 0 saturated carbocycles. The van der Waals surface area contributed by atoms with E-state index in [4.69, 9.17) is 9.57 Å². The molecule has 0 amide bonds. The molecule has 0 aliphatic carbocycles. The summed E-state index contributed by atoms with van der Waals surface area (Å²) in [6, 6.07) is 13.9. The maximum atomic E-state index is 13.2. The highest BCUT2D eigenvalue weighted by Crippen LogP contribution is 2.37. The number of rotatable bonds is 4. The highest BCUT2D eigenvalue weighted by Gasteiger charge is 2.28. The second-order valence-corrected chi connectivity index (χ2v) is 6.09. The van der Waals surface area contributed by atoms with Crippen molar-refractivity contribution in [3.63, 3.8) is 0 Å². The Morgan fingerprint density at radius 2 is 1.75 bits per heavy atom. The predicted octanol–water partition coefficient (Wildman–Crippen LogP) is 2.11. The minimum Gasteiger partial charge on any atom is -0.618 e. The fourth-order valence-electron chi connectivity index (χ4n) is 3.25. The van der Waals surface area contributed by atoms with Crippen molar-refractivity contribution in [3.8, 4) is 5.75 Å². The third-order valence-electron chi connectivity index (χ3n) is 4.38. The van der Waals surface area contributed by atoms with Gasteiger partial charge in [-0.3, -0.25) is 4.79 Å². The molecule has 2 heterocycles. The lowest BCUT2D eigenvalue weighted by Gasteiger charge is -2.12. The van der Waals surface area contributed by atoms with Crippen LogP contribution in [0.25, 0.3) is 32.8 Å². The second kappa shape index (κ2) is 6.73. The quantitative estimate of drug-likeness (QED) is 0.306. The van der Waals surface area contributed by atoms with Crippen molar-refractivity contribution in [1.29, 1.82) is 0 Å². The number of ether oxygens (including phenoxy) is 2. The van der Waals surface area contributed by atoms with Gasteiger partial charge < -0.3 is 19.5 Å². The summed E-state index contributed by atoms with van der Waals surface area (Å²) in [5.74, 6) is -0.943. The van der Waals surface area contributed by atoms with Crippen LogP contribution in [-0.2, 0) is 14.3 Å². The fourth-order valence-corrected chi connectivity index (χ4v) is 3.25. The molecule has 0 saturated heterocycles. The lowest BCUT2D eigenvalue weighted by atomic mass is 10.1. The van der Waals surface area contributed by atoms with Crippen LogP contribution in [0.2, 0.25) is 0 Å². The molecule has 0 aliphatic rings. The first kappa shape index (κ1) is 17.6. The zero-order valence-corrected chi connectivity index (χ0v) is 15.2. The van der Waals surface area contributed by atoms with Crippen molar-refractivity contribution in [1.82, 2.24) is 4.73 Å². The highest BCUT2D eigenvalue weighted by atomic mass is 16.7. The average Bonchev–Trinajstić information content (AvgIpc) is 3.03. The summed E-state index contributed by atoms with van der Waals surface area (Å²) >= 11 is 0. The van der Waals surface area contributed by atoms with Crippen molar-refractivity contribution in [3.05, 3.63) is 53.7 Å². The molecule has 142 valence electrons. The highest BCUT2D eigenvalue weighted by molar-refractivity contribution is 6.10. The number of pyridine rings is 1. The van der Waals surface area contributed by atoms with Gasteiger partial charge in [-0.1, -0.05) is 24.3 Å². The van der Waals surface area contributed by atoms with E-state index in [0.717, 1.165) is 4.73 Å². The number of para-hydroxylation sites is 2. The zero-order chi connectivity index (χ0) is 19.8. The van der Waals surface area contributed by atoms with E-state index >= 15 is 0 Å². The molecule has 0 radical (unpaired) electrons. The Balaban J connectivity index is 2.16. The third kappa shape index (κ3) is 2.66. The summed E-state index contributed by atoms with van der Waals surface area (Å²) in [7, 11) is 1.25. The molecule has 0 atom stereocenters. The van der Waals surface area contributed by atoms with E-state index in [-0.39, 0.29) is 23.4 Å². The number of benzene rings is 2. The van der Waals surface area contributed by atoms with Gasteiger partial charge in [0.15, 0.2) is 11.3 Å². The van der Waals surface area contributed by atoms with Crippen LogP contribution >= 0.6 is 0 Å². The lowest BCUT2D eigenvalue weighted by molar-refractivity contribution is -0.547. The monoisotopic (exact) mass is 380 g/mol. The number of carbonyl (C=O) groups is 2. The molecule has 2 aromatic heterocycles. The number of methoxy groups -OCH3 is 1. The van der Waals surface area contributed by atoms with Gasteiger partial charge in [0.25, 0.3) is 5.52 Å². The molecule has 0 spiro atoms. The molecule has 8 heteroatoms. The Morgan fingerprint density at radius 1 is 1.07 bits per heavy atom. The van der Waals surface area contributed by atoms with Gasteiger partial charge in [-0.05, 0) is 18.2 Å². The molecule has 4 rings (SSSR count). The normalized spacial score (nSPS) is 11.1. The van der Waals surface area contributed by atoms with Crippen LogP contribution < -0.4 is 14.3 Å². The molecular weight excluding hydrogens is 364 g/mol. The third-order valence-corrected chi connectivity index (χ3v) is 4.38. The first-order valence-electron chi connectivity index (χ1n) is 8.49. The van der Waals surface area contributed by atoms with Crippen molar-refractivity contribution >= 4 is 44.8 Å². The van der Waals surface area contributed by atoms with E-state index in [2.05, 4.69) is 4.74 Å². The summed E-state index contributed by atoms with van der Waals surface area (Å²) in [6.07, 6.45) is 0. The van der Waals surface area contributed by atoms with E-state index in [0.29, 0.717) is 21.8 Å². The first-order valence-corrected chi connectivity index (χ1v) is 8.49. The summed E-state index contributed by atoms with van der Waals surface area (Å²) in [5.41, 5.74) is 1.43. The van der Waals surface area contributed by atoms with Crippen molar-refractivity contribution in [2.24, 2.45) is 0 Å². The molecule has 0 fully saturated rings. The summed E-state index contributed by atoms with van der Waals surface area (Å²) in [4.78, 5) is 29.1. The van der Waals surface area contributed by atoms with Crippen LogP contribution in [0.1, 0.15) is 6.92 Å². The van der Waals surface area contributed by atoms with E-state index < -0.39 is 11.9 Å². The molecule has 0 unspecified atom stereocenters. The largest absolute Gasteiger partial charge is 0.618 e. The van der Waals surface area contributed by atoms with Crippen molar-refractivity contribution < 1.29 is 28.6 Å². The summed E-state index contributed by atoms with van der Waals surface area (Å²) in [6.45, 7) is 0.899. The standard InChI is InChI=1S/C20H16N2O6/c1-12(23)28-20-14-8-4-5-9-15(14)21(25)18-13-7-3-6-10-16(13)22(19(18)20)27-11-17(24)26-2/h3-10H,11H2,1-2H3. The smallest absolute Gasteiger partial charge is 0.346 e. The number of fused-ring (bicyclic) bond motifs is 4. The number of carbonyl (C=O) groups excluding carboxylic acids is 2. The molecule has 0 N–H and O–H groups in total. The molecular formula is C20H16N2O6. The zero-order valence-electron chi connectivity index (χ0n) is 15.2. The average molecular weight is 380 g/mol. The van der Waals surface area contributed by atoms with Crippen LogP contribution in [0.15, 0.2) is 48.5 Å². The number of hydrogen-bond donors (Lipinski definition) is 0. The van der Waals surface area contributed by atoms with Crippen LogP contribution in [0.3, 0.4) is 0 Å². The van der Waals surface area contributed by atoms with Gasteiger partial charge in [-0.15, -0.1) is 0 Å².